The van der Waals surface area contributed by atoms with Crippen molar-refractivity contribution >= 4 is 106 Å². The molecule has 3 aromatic rings. The molecule has 37 N–H and O–H groups in total. The van der Waals surface area contributed by atoms with Crippen molar-refractivity contribution in [3.63, 3.8) is 0 Å². The maximum Gasteiger partial charge on any atom is 0.305 e. The van der Waals surface area contributed by atoms with Crippen LogP contribution in [0.2, 0.25) is 0 Å². The summed E-state index contributed by atoms with van der Waals surface area (Å²) in [5.41, 5.74) is 63.3. The fourth-order valence-corrected chi connectivity index (χ4v) is 10.6. The number of aliphatic hydroxyl groups is 2. The number of amides is 11. The van der Waals surface area contributed by atoms with Crippen LogP contribution in [0.1, 0.15) is 102 Å². The van der Waals surface area contributed by atoms with E-state index in [4.69, 9.17) is 63.1 Å². The van der Waals surface area contributed by atoms with Crippen molar-refractivity contribution < 1.29 is 78.0 Å². The number of rotatable bonds is 50. The number of hydrogen-bond donors (Lipinski definition) is 26. The molecular weight excluding hydrogens is 1400 g/mol. The summed E-state index contributed by atoms with van der Waals surface area (Å²) in [7, 11) is 0. The van der Waals surface area contributed by atoms with Crippen molar-refractivity contribution in [1.82, 2.24) is 58.2 Å². The van der Waals surface area contributed by atoms with E-state index in [1.807, 2.05) is 0 Å². The lowest BCUT2D eigenvalue weighted by atomic mass is 10.0. The third-order valence-electron chi connectivity index (χ3n) is 16.3. The number of aliphatic carboxylic acids is 1. The van der Waals surface area contributed by atoms with E-state index >= 15 is 9.59 Å². The average Bonchev–Trinajstić information content (AvgIpc) is 1.73. The number of carbonyl (C=O) groups is 12. The van der Waals surface area contributed by atoms with E-state index < -0.39 is 163 Å². The van der Waals surface area contributed by atoms with Crippen LogP contribution in [0.4, 0.5) is 0 Å². The summed E-state index contributed by atoms with van der Waals surface area (Å²) < 4.78 is 0. The molecule has 0 aliphatic rings. The van der Waals surface area contributed by atoms with Crippen molar-refractivity contribution in [3.05, 3.63) is 65.9 Å². The number of nitrogens with zero attached hydrogens (tertiary/aromatic N) is 4. The molecule has 0 unspecified atom stereocenters. The summed E-state index contributed by atoms with van der Waals surface area (Å²) in [5.74, 6) is -15.2. The number of benzene rings is 2. The van der Waals surface area contributed by atoms with E-state index in [0.29, 0.717) is 41.4 Å². The summed E-state index contributed by atoms with van der Waals surface area (Å²) in [6.45, 7) is 0.877. The number of hydrogen-bond acceptors (Lipinski definition) is 21. The molecule has 11 amide bonds. The zero-order chi connectivity index (χ0) is 79.9. The Morgan fingerprint density at radius 2 is 0.804 bits per heavy atom. The molecular formula is C65H106N26O16. The number of carbonyl (C=O) groups excluding carboxylic acids is 11. The largest absolute Gasteiger partial charge is 0.508 e. The van der Waals surface area contributed by atoms with Crippen molar-refractivity contribution in [1.29, 1.82) is 0 Å². The number of primary amides is 1. The minimum absolute atomic E-state index is 0.0103. The first-order valence-electron chi connectivity index (χ1n) is 34.4. The standard InChI is InChI=1S/C65H106N26O16/c1-33(2)50(91-58(104)46(29-49(95)96)88-60(106)47(31-92)89-52(98)38(67)12-5-6-22-66)61(107)85-43(17-10-26-80-65(75)76)53(99)82-41(15-8-24-78-63(71)72)55(101)87-45(28-35-30-81-39-13-4-3-11-37(35)39)57(103)83-42(16-9-25-79-64(73)74)56(102)90-48(32-93)59(105)84-40(14-7-23-77-62(69)70)54(100)86-44(51(68)97)27-34-18-20-36(94)21-19-34/h3-4,11,13,18-21,30,33,38,40-48,50,81,92-94H,5-10,12,14-17,22-29,31-32,66-67H2,1-2H3,(H2,68,97)(H,82,99)(H,83,103)(H,84,105)(H,85,107)(H,86,100)(H,87,101)(H,88,106)(H,89,98)(H,90,102)(H,91,104)(H,95,96)(H4,69,70,77)(H4,71,72,78)(H4,73,74,79)(H4,75,76,80)/t38-,40-,41-,42-,43-,44-,45-,46-,47-,48-,50-/m0/s1. The van der Waals surface area contributed by atoms with Crippen LogP contribution >= 0.6 is 0 Å². The lowest BCUT2D eigenvalue weighted by Crippen LogP contribution is -2.61. The fourth-order valence-electron chi connectivity index (χ4n) is 10.6. The molecule has 0 aliphatic heterocycles. The van der Waals surface area contributed by atoms with Gasteiger partial charge in [0, 0.05) is 56.1 Å². The highest BCUT2D eigenvalue weighted by molar-refractivity contribution is 6.00. The molecule has 0 spiro atoms. The number of aromatic nitrogens is 1. The van der Waals surface area contributed by atoms with E-state index in [2.05, 4.69) is 78.1 Å². The highest BCUT2D eigenvalue weighted by Crippen LogP contribution is 2.21. The lowest BCUT2D eigenvalue weighted by Gasteiger charge is -2.29. The van der Waals surface area contributed by atoms with Gasteiger partial charge in [0.15, 0.2) is 23.8 Å². The smallest absolute Gasteiger partial charge is 0.305 e. The molecule has 0 aliphatic carbocycles. The van der Waals surface area contributed by atoms with Gasteiger partial charge >= 0.3 is 5.97 Å². The van der Waals surface area contributed by atoms with Gasteiger partial charge in [-0.15, -0.1) is 0 Å². The average molecular weight is 1510 g/mol. The quantitative estimate of drug-likeness (QED) is 0.0142. The van der Waals surface area contributed by atoms with Gasteiger partial charge in [-0.25, -0.2) is 0 Å². The number of H-pyrrole nitrogens is 1. The zero-order valence-electron chi connectivity index (χ0n) is 59.8. The summed E-state index contributed by atoms with van der Waals surface area (Å²) in [4.78, 5) is 186. The first-order valence-corrected chi connectivity index (χ1v) is 34.4. The minimum atomic E-state index is -1.92. The van der Waals surface area contributed by atoms with Crippen LogP contribution in [0, 0.1) is 5.92 Å². The molecule has 2 aromatic carbocycles. The molecule has 1 heterocycles. The summed E-state index contributed by atoms with van der Waals surface area (Å²) in [5, 5.41) is 65.7. The number of aromatic hydroxyl groups is 1. The van der Waals surface area contributed by atoms with Crippen molar-refractivity contribution in [2.45, 2.75) is 170 Å². The monoisotopic (exact) mass is 1510 g/mol. The third kappa shape index (κ3) is 33.3. The van der Waals surface area contributed by atoms with Gasteiger partial charge in [0.1, 0.15) is 66.2 Å². The highest BCUT2D eigenvalue weighted by atomic mass is 16.4. The summed E-state index contributed by atoms with van der Waals surface area (Å²) in [6, 6.07) is -4.90. The number of para-hydroxylation sites is 1. The molecule has 0 fully saturated rings. The van der Waals surface area contributed by atoms with Gasteiger partial charge in [-0.1, -0.05) is 50.6 Å². The number of phenolic OH excluding ortho intramolecular Hbond substituents is 1. The summed E-state index contributed by atoms with van der Waals surface area (Å²) >= 11 is 0. The predicted octanol–water partition coefficient (Wildman–Crippen LogP) is -9.22. The van der Waals surface area contributed by atoms with Crippen LogP contribution in [0.3, 0.4) is 0 Å². The van der Waals surface area contributed by atoms with Crippen LogP contribution in [-0.2, 0) is 70.4 Å². The van der Waals surface area contributed by atoms with E-state index in [9.17, 15) is 68.4 Å². The number of nitrogens with one attached hydrogen (secondary N) is 11. The first kappa shape index (κ1) is 89.6. The Balaban J connectivity index is 2.08. The van der Waals surface area contributed by atoms with Crippen molar-refractivity contribution in [2.24, 2.45) is 89.0 Å². The number of phenols is 1. The number of aromatic amines is 1. The normalized spacial score (nSPS) is 14.1. The Morgan fingerprint density at radius 3 is 1.21 bits per heavy atom. The molecule has 0 saturated heterocycles. The topological polar surface area (TPSA) is 758 Å². The zero-order valence-corrected chi connectivity index (χ0v) is 59.8. The Kier molecular flexibility index (Phi) is 39.3. The van der Waals surface area contributed by atoms with Gasteiger partial charge in [0.05, 0.1) is 25.7 Å². The van der Waals surface area contributed by atoms with Gasteiger partial charge in [0.25, 0.3) is 0 Å². The number of fused-ring (bicyclic) bond motifs is 1. The molecule has 0 bridgehead atoms. The second-order valence-corrected chi connectivity index (χ2v) is 25.3. The molecule has 0 saturated carbocycles. The Bertz CT molecular complexity index is 3580. The Hall–Kier alpha value is -11.7. The Morgan fingerprint density at radius 1 is 0.430 bits per heavy atom. The predicted molar refractivity (Wildman–Crippen MR) is 394 cm³/mol. The third-order valence-corrected chi connectivity index (χ3v) is 16.3. The van der Waals surface area contributed by atoms with Crippen LogP contribution in [0.15, 0.2) is 74.7 Å². The van der Waals surface area contributed by atoms with Crippen LogP contribution in [-0.4, -0.2) is 233 Å². The van der Waals surface area contributed by atoms with Gasteiger partial charge in [0.2, 0.25) is 65.0 Å². The SMILES string of the molecule is CC(C)[C@H](NC(=O)[C@H](CC(=O)O)NC(=O)[C@H](CO)NC(=O)[C@@H](N)CCCCN)C(=O)N[C@@H](CCCN=C(N)N)C(=O)N[C@@H](CCCN=C(N)N)C(=O)N[C@@H](Cc1c[nH]c2ccccc12)C(=O)N[C@@H](CCCN=C(N)N)C(=O)N[C@@H](CO)C(=O)N[C@@H](CCCN=C(N)N)C(=O)N[C@@H](Cc1ccc(O)cc1)C(N)=O. The van der Waals surface area contributed by atoms with E-state index in [0.717, 1.165) is 0 Å². The van der Waals surface area contributed by atoms with Gasteiger partial charge in [-0.05, 0) is 106 Å². The van der Waals surface area contributed by atoms with Crippen LogP contribution < -0.4 is 116 Å². The maximum absolute atomic E-state index is 15.1. The van der Waals surface area contributed by atoms with Crippen molar-refractivity contribution in [2.75, 3.05) is 45.9 Å². The number of aliphatic hydroxyl groups excluding tert-OH is 2. The van der Waals surface area contributed by atoms with Crippen LogP contribution in [0.5, 0.6) is 5.75 Å². The summed E-state index contributed by atoms with van der Waals surface area (Å²) in [6.07, 6.45) is 0.303. The first-order chi connectivity index (χ1) is 50.7. The molecule has 42 nitrogen and oxygen atoms in total. The molecule has 0 radical (unpaired) electrons. The number of aliphatic imine (C=N–C) groups is 4. The van der Waals surface area contributed by atoms with Gasteiger partial charge in [-0.3, -0.25) is 77.5 Å². The lowest BCUT2D eigenvalue weighted by molar-refractivity contribution is -0.142. The number of carboxylic acid groups (broad SMARTS) is 1. The number of guanidine groups is 4. The molecule has 107 heavy (non-hydrogen) atoms. The van der Waals surface area contributed by atoms with Gasteiger partial charge < -0.3 is 142 Å². The van der Waals surface area contributed by atoms with Crippen molar-refractivity contribution in [3.8, 4) is 5.75 Å². The van der Waals surface area contributed by atoms with Gasteiger partial charge in [-0.2, -0.15) is 0 Å². The molecule has 1 aromatic heterocycles. The highest BCUT2D eigenvalue weighted by Gasteiger charge is 2.38. The minimum Gasteiger partial charge on any atom is -0.508 e. The maximum atomic E-state index is 15.1. The van der Waals surface area contributed by atoms with E-state index in [-0.39, 0.29) is 126 Å². The van der Waals surface area contributed by atoms with Crippen LogP contribution in [0.25, 0.3) is 10.9 Å². The van der Waals surface area contributed by atoms with E-state index in [1.54, 1.807) is 30.5 Å². The molecule has 42 heteroatoms. The number of unbranched alkanes of at least 4 members (excludes halogenated alkanes) is 1. The number of carboxylic acids is 1. The molecule has 11 atom stereocenters. The second-order valence-electron chi connectivity index (χ2n) is 25.3. The number of nitrogens with two attached hydrogens (primary N) is 11. The Labute approximate surface area is 616 Å². The van der Waals surface area contributed by atoms with E-state index in [1.165, 1.54) is 38.1 Å². The second kappa shape index (κ2) is 46.9. The molecule has 3 rings (SSSR count). The fraction of sp³-hybridized carbons (Fsp3) is 0.538. The molecule has 592 valence electrons.